The van der Waals surface area contributed by atoms with Crippen molar-refractivity contribution >= 4 is 57.9 Å². The minimum absolute atomic E-state index is 0.126. The van der Waals surface area contributed by atoms with Crippen molar-refractivity contribution < 1.29 is 4.79 Å². The van der Waals surface area contributed by atoms with Crippen LogP contribution in [-0.2, 0) is 4.79 Å². The average Bonchev–Trinajstić information content (AvgIpc) is 3.13. The molecule has 4 N–H and O–H groups in total. The zero-order chi connectivity index (χ0) is 21.6. The highest BCUT2D eigenvalue weighted by molar-refractivity contribution is 7.99. The van der Waals surface area contributed by atoms with Gasteiger partial charge in [0.05, 0.1) is 12.0 Å². The molecule has 1 aromatic heterocycles. The number of carbonyl (C=O) groups excluding carboxylic acids is 1. The molecule has 0 aliphatic carbocycles. The van der Waals surface area contributed by atoms with E-state index in [1.165, 1.54) is 16.4 Å². The minimum atomic E-state index is -0.171. The zero-order valence-electron chi connectivity index (χ0n) is 16.2. The van der Waals surface area contributed by atoms with Crippen LogP contribution in [0.4, 0.5) is 11.6 Å². The van der Waals surface area contributed by atoms with Crippen LogP contribution in [-0.4, -0.2) is 32.7 Å². The number of hydrogen-bond acceptors (Lipinski definition) is 7. The number of hydrogen-bond donors (Lipinski definition) is 3. The highest BCUT2D eigenvalue weighted by Crippen LogP contribution is 2.24. The lowest BCUT2D eigenvalue weighted by Gasteiger charge is -2.08. The number of amides is 1. The van der Waals surface area contributed by atoms with Gasteiger partial charge in [0, 0.05) is 21.7 Å². The van der Waals surface area contributed by atoms with Crippen molar-refractivity contribution in [2.75, 3.05) is 22.3 Å². The number of benzene rings is 3. The summed E-state index contributed by atoms with van der Waals surface area (Å²) < 4.78 is 1.24. The first-order chi connectivity index (χ1) is 15.1. The Balaban J connectivity index is 1.35. The fourth-order valence-corrected chi connectivity index (χ4v) is 3.68. The van der Waals surface area contributed by atoms with Crippen LogP contribution >= 0.6 is 23.4 Å². The molecule has 0 radical (unpaired) electrons. The Hall–Kier alpha value is -3.56. The third-order valence-electron chi connectivity index (χ3n) is 4.33. The van der Waals surface area contributed by atoms with Crippen molar-refractivity contribution in [2.45, 2.75) is 5.16 Å². The minimum Gasteiger partial charge on any atom is -0.334 e. The summed E-state index contributed by atoms with van der Waals surface area (Å²) in [6.07, 6.45) is 1.56. The summed E-state index contributed by atoms with van der Waals surface area (Å²) >= 11 is 7.26. The predicted octanol–water partition coefficient (Wildman–Crippen LogP) is 3.98. The first-order valence-corrected chi connectivity index (χ1v) is 10.6. The van der Waals surface area contributed by atoms with E-state index in [2.05, 4.69) is 26.0 Å². The van der Waals surface area contributed by atoms with Gasteiger partial charge in [-0.25, -0.2) is 10.1 Å². The Morgan fingerprint density at radius 3 is 2.74 bits per heavy atom. The highest BCUT2D eigenvalue weighted by atomic mass is 35.5. The van der Waals surface area contributed by atoms with E-state index < -0.39 is 0 Å². The third-order valence-corrected chi connectivity index (χ3v) is 5.62. The number of fused-ring (bicyclic) bond motifs is 1. The van der Waals surface area contributed by atoms with E-state index in [4.69, 9.17) is 17.4 Å². The van der Waals surface area contributed by atoms with E-state index in [1.54, 1.807) is 12.3 Å². The number of nitrogens with one attached hydrogen (secondary N) is 2. The molecule has 0 bridgehead atoms. The van der Waals surface area contributed by atoms with E-state index in [9.17, 15) is 4.79 Å². The fourth-order valence-electron chi connectivity index (χ4n) is 2.84. The number of carbonyl (C=O) groups is 1. The smallest absolute Gasteiger partial charge is 0.264 e. The average molecular weight is 452 g/mol. The number of halogens is 1. The molecule has 0 spiro atoms. The lowest BCUT2D eigenvalue weighted by Crippen LogP contribution is -2.17. The quantitative estimate of drug-likeness (QED) is 0.170. The normalized spacial score (nSPS) is 11.1. The van der Waals surface area contributed by atoms with Crippen LogP contribution in [0.25, 0.3) is 10.8 Å². The van der Waals surface area contributed by atoms with Crippen LogP contribution in [0.2, 0.25) is 5.02 Å². The van der Waals surface area contributed by atoms with Gasteiger partial charge in [-0.15, -0.1) is 10.2 Å². The summed E-state index contributed by atoms with van der Waals surface area (Å²) in [5, 5.41) is 17.9. The van der Waals surface area contributed by atoms with Crippen molar-refractivity contribution in [1.29, 1.82) is 0 Å². The van der Waals surface area contributed by atoms with E-state index in [-0.39, 0.29) is 17.6 Å². The maximum atomic E-state index is 12.4. The van der Waals surface area contributed by atoms with Gasteiger partial charge >= 0.3 is 0 Å². The molecule has 31 heavy (non-hydrogen) atoms. The SMILES string of the molecule is Nn1c(N/N=C/c2ccccc2Cl)nnc1SCC(=O)Nc1cccc2ccccc12. The number of aromatic nitrogens is 3. The van der Waals surface area contributed by atoms with Crippen LogP contribution in [0, 0.1) is 0 Å². The molecule has 10 heteroatoms. The molecule has 156 valence electrons. The fraction of sp³-hybridized carbons (Fsp3) is 0.0476. The molecule has 0 aliphatic heterocycles. The van der Waals surface area contributed by atoms with Gasteiger partial charge in [0.2, 0.25) is 11.1 Å². The van der Waals surface area contributed by atoms with Gasteiger partial charge in [-0.2, -0.15) is 5.10 Å². The molecule has 0 fully saturated rings. The standard InChI is InChI=1S/C21H18ClN7OS/c22-17-10-4-2-7-15(17)12-24-26-20-27-28-21(29(20)23)31-13-19(30)25-18-11-5-8-14-6-1-3-9-16(14)18/h1-12H,13,23H2,(H,25,30)(H,26,27)/b24-12+. The van der Waals surface area contributed by atoms with Gasteiger partial charge in [0.25, 0.3) is 5.95 Å². The molecular weight excluding hydrogens is 434 g/mol. The molecule has 8 nitrogen and oxygen atoms in total. The lowest BCUT2D eigenvalue weighted by molar-refractivity contribution is -0.113. The monoisotopic (exact) mass is 451 g/mol. The summed E-state index contributed by atoms with van der Waals surface area (Å²) in [7, 11) is 0. The summed E-state index contributed by atoms with van der Waals surface area (Å²) in [6.45, 7) is 0. The Morgan fingerprint density at radius 2 is 1.87 bits per heavy atom. The molecule has 0 atom stereocenters. The van der Waals surface area contributed by atoms with Gasteiger partial charge < -0.3 is 11.2 Å². The summed E-state index contributed by atoms with van der Waals surface area (Å²) in [4.78, 5) is 12.4. The molecule has 0 saturated heterocycles. The maximum absolute atomic E-state index is 12.4. The number of rotatable bonds is 7. The van der Waals surface area contributed by atoms with E-state index in [0.29, 0.717) is 10.2 Å². The van der Waals surface area contributed by atoms with Gasteiger partial charge in [0.15, 0.2) is 0 Å². The van der Waals surface area contributed by atoms with Crippen molar-refractivity contribution in [1.82, 2.24) is 14.9 Å². The van der Waals surface area contributed by atoms with E-state index in [1.807, 2.05) is 60.7 Å². The Bertz CT molecular complexity index is 1250. The van der Waals surface area contributed by atoms with Crippen molar-refractivity contribution in [3.63, 3.8) is 0 Å². The summed E-state index contributed by atoms with van der Waals surface area (Å²) in [6, 6.07) is 20.9. The van der Waals surface area contributed by atoms with E-state index in [0.717, 1.165) is 22.0 Å². The second-order valence-electron chi connectivity index (χ2n) is 6.43. The maximum Gasteiger partial charge on any atom is 0.264 e. The predicted molar refractivity (Wildman–Crippen MR) is 126 cm³/mol. The van der Waals surface area contributed by atoms with Crippen LogP contribution < -0.4 is 16.6 Å². The number of anilines is 2. The van der Waals surface area contributed by atoms with Crippen LogP contribution in [0.5, 0.6) is 0 Å². The summed E-state index contributed by atoms with van der Waals surface area (Å²) in [5.41, 5.74) is 4.23. The lowest BCUT2D eigenvalue weighted by atomic mass is 10.1. The van der Waals surface area contributed by atoms with E-state index >= 15 is 0 Å². The van der Waals surface area contributed by atoms with Crippen molar-refractivity contribution in [2.24, 2.45) is 5.10 Å². The topological polar surface area (TPSA) is 110 Å². The molecule has 4 rings (SSSR count). The molecule has 0 aliphatic rings. The van der Waals surface area contributed by atoms with Crippen molar-refractivity contribution in [3.05, 3.63) is 77.3 Å². The number of hydrazone groups is 1. The third kappa shape index (κ3) is 4.96. The van der Waals surface area contributed by atoms with Crippen LogP contribution in [0.15, 0.2) is 77.0 Å². The highest BCUT2D eigenvalue weighted by Gasteiger charge is 2.13. The Labute approximate surface area is 187 Å². The number of thioether (sulfide) groups is 1. The van der Waals surface area contributed by atoms with Gasteiger partial charge in [-0.1, -0.05) is 78.0 Å². The molecular formula is C21H18ClN7OS. The number of nitrogen functional groups attached to an aromatic ring is 1. The van der Waals surface area contributed by atoms with Crippen LogP contribution in [0.3, 0.4) is 0 Å². The second kappa shape index (κ2) is 9.50. The van der Waals surface area contributed by atoms with Gasteiger partial charge in [-0.3, -0.25) is 4.79 Å². The first kappa shape index (κ1) is 20.7. The Morgan fingerprint density at radius 1 is 1.10 bits per heavy atom. The molecule has 3 aromatic carbocycles. The van der Waals surface area contributed by atoms with Gasteiger partial charge in [0.1, 0.15) is 0 Å². The second-order valence-corrected chi connectivity index (χ2v) is 7.78. The number of nitrogens with two attached hydrogens (primary N) is 1. The zero-order valence-corrected chi connectivity index (χ0v) is 17.8. The Kier molecular flexibility index (Phi) is 6.34. The van der Waals surface area contributed by atoms with Crippen LogP contribution in [0.1, 0.15) is 5.56 Å². The molecule has 1 amide bonds. The molecule has 0 saturated carbocycles. The van der Waals surface area contributed by atoms with Crippen molar-refractivity contribution in [3.8, 4) is 0 Å². The molecule has 0 unspecified atom stereocenters. The summed E-state index contributed by atoms with van der Waals surface area (Å²) in [5.74, 6) is 6.19. The largest absolute Gasteiger partial charge is 0.334 e. The first-order valence-electron chi connectivity index (χ1n) is 9.26. The molecule has 4 aromatic rings. The van der Waals surface area contributed by atoms with Gasteiger partial charge in [-0.05, 0) is 17.5 Å². The number of nitrogens with zero attached hydrogens (tertiary/aromatic N) is 4. The molecule has 1 heterocycles.